The third-order valence-corrected chi connectivity index (χ3v) is 1.07. The quantitative estimate of drug-likeness (QED) is 0.535. The number of rotatable bonds is 3. The summed E-state index contributed by atoms with van der Waals surface area (Å²) in [6.45, 7) is 3.46. The smallest absolute Gasteiger partial charge is 0.201 e. The van der Waals surface area contributed by atoms with Crippen molar-refractivity contribution in [2.24, 2.45) is 5.92 Å². The first-order valence-electron chi connectivity index (χ1n) is 2.82. The lowest BCUT2D eigenvalue weighted by atomic mass is 10.0. The minimum Gasteiger partial charge on any atom is -0.385 e. The van der Waals surface area contributed by atoms with Gasteiger partial charge in [-0.3, -0.25) is 4.79 Å². The molecule has 0 aromatic heterocycles. The zero-order chi connectivity index (χ0) is 7.44. The van der Waals surface area contributed by atoms with Gasteiger partial charge in [0.2, 0.25) is 5.78 Å². The molecule has 0 aromatic carbocycles. The molecule has 0 amide bonds. The Kier molecular flexibility index (Phi) is 3.09. The maximum atomic E-state index is 10.5. The van der Waals surface area contributed by atoms with Gasteiger partial charge in [-0.25, -0.2) is 0 Å². The second-order valence-corrected chi connectivity index (χ2v) is 2.24. The van der Waals surface area contributed by atoms with E-state index in [9.17, 15) is 4.79 Å². The Morgan fingerprint density at radius 1 is 1.67 bits per heavy atom. The molecule has 0 saturated heterocycles. The van der Waals surface area contributed by atoms with Crippen LogP contribution in [0.4, 0.5) is 0 Å². The standard InChI is InChI=1S/C6H11NO2/c1-4(2)6(9)5(8)3-7/h3-4,6-7,9H,1-2H3/t6-/m0/s1. The van der Waals surface area contributed by atoms with Crippen LogP contribution in [-0.4, -0.2) is 23.2 Å². The first-order chi connectivity index (χ1) is 4.09. The minimum absolute atomic E-state index is 0.0981. The van der Waals surface area contributed by atoms with Gasteiger partial charge in [0.25, 0.3) is 0 Å². The van der Waals surface area contributed by atoms with E-state index >= 15 is 0 Å². The fourth-order valence-corrected chi connectivity index (χ4v) is 0.414. The van der Waals surface area contributed by atoms with E-state index in [1.807, 2.05) is 0 Å². The summed E-state index contributed by atoms with van der Waals surface area (Å²) in [6.07, 6.45) is -0.354. The van der Waals surface area contributed by atoms with Crippen LogP contribution in [0.2, 0.25) is 0 Å². The number of hydrogen-bond donors (Lipinski definition) is 2. The lowest BCUT2D eigenvalue weighted by molar-refractivity contribution is -0.121. The maximum Gasteiger partial charge on any atom is 0.201 e. The highest BCUT2D eigenvalue weighted by Gasteiger charge is 2.15. The molecule has 0 aromatic rings. The Bertz CT molecular complexity index is 120. The van der Waals surface area contributed by atoms with Crippen LogP contribution in [0.15, 0.2) is 0 Å². The first kappa shape index (κ1) is 8.30. The Hall–Kier alpha value is -0.700. The van der Waals surface area contributed by atoms with E-state index in [4.69, 9.17) is 10.5 Å². The van der Waals surface area contributed by atoms with Crippen molar-refractivity contribution >= 4 is 12.0 Å². The minimum atomic E-state index is -0.998. The molecular formula is C6H11NO2. The number of aliphatic hydroxyl groups is 1. The number of carbonyl (C=O) groups excluding carboxylic acids is 1. The van der Waals surface area contributed by atoms with Crippen LogP contribution in [0.3, 0.4) is 0 Å². The van der Waals surface area contributed by atoms with Crippen molar-refractivity contribution in [2.75, 3.05) is 0 Å². The molecular weight excluding hydrogens is 118 g/mol. The number of Topliss-reactive ketones (excluding diaryl/α,β-unsaturated/α-hetero) is 1. The van der Waals surface area contributed by atoms with Gasteiger partial charge < -0.3 is 10.5 Å². The molecule has 0 rings (SSSR count). The van der Waals surface area contributed by atoms with Crippen LogP contribution < -0.4 is 0 Å². The summed E-state index contributed by atoms with van der Waals surface area (Å²) >= 11 is 0. The maximum absolute atomic E-state index is 10.5. The number of nitrogens with one attached hydrogen (secondary N) is 1. The Labute approximate surface area is 54.2 Å². The van der Waals surface area contributed by atoms with Crippen LogP contribution in [0, 0.1) is 11.3 Å². The van der Waals surface area contributed by atoms with Gasteiger partial charge in [0.1, 0.15) is 6.10 Å². The van der Waals surface area contributed by atoms with Gasteiger partial charge in [-0.15, -0.1) is 0 Å². The van der Waals surface area contributed by atoms with Gasteiger partial charge >= 0.3 is 0 Å². The largest absolute Gasteiger partial charge is 0.385 e. The molecule has 0 aliphatic carbocycles. The molecule has 0 saturated carbocycles. The fraction of sp³-hybridized carbons (Fsp3) is 0.667. The summed E-state index contributed by atoms with van der Waals surface area (Å²) in [7, 11) is 0. The van der Waals surface area contributed by atoms with Crippen LogP contribution in [0.5, 0.6) is 0 Å². The predicted octanol–water partition coefficient (Wildman–Crippen LogP) is 0.222. The third kappa shape index (κ3) is 2.37. The molecule has 0 fully saturated rings. The van der Waals surface area contributed by atoms with Gasteiger partial charge in [0.05, 0.1) is 6.21 Å². The Balaban J connectivity index is 3.87. The highest BCUT2D eigenvalue weighted by molar-refractivity contribution is 6.28. The van der Waals surface area contributed by atoms with Gasteiger partial charge in [-0.1, -0.05) is 13.8 Å². The summed E-state index contributed by atoms with van der Waals surface area (Å²) in [5.41, 5.74) is 0. The average molecular weight is 129 g/mol. The van der Waals surface area contributed by atoms with E-state index in [-0.39, 0.29) is 5.92 Å². The molecule has 3 heteroatoms. The molecule has 0 unspecified atom stereocenters. The number of hydrogen-bond acceptors (Lipinski definition) is 3. The normalized spacial score (nSPS) is 13.3. The Morgan fingerprint density at radius 3 is 2.22 bits per heavy atom. The van der Waals surface area contributed by atoms with E-state index in [1.54, 1.807) is 13.8 Å². The molecule has 1 atom stereocenters. The lowest BCUT2D eigenvalue weighted by Gasteiger charge is -2.08. The van der Waals surface area contributed by atoms with Crippen molar-refractivity contribution in [3.8, 4) is 0 Å². The van der Waals surface area contributed by atoms with Crippen molar-refractivity contribution < 1.29 is 9.90 Å². The Morgan fingerprint density at radius 2 is 2.11 bits per heavy atom. The molecule has 0 spiro atoms. The zero-order valence-electron chi connectivity index (χ0n) is 5.59. The topological polar surface area (TPSA) is 61.1 Å². The monoisotopic (exact) mass is 129 g/mol. The molecule has 0 bridgehead atoms. The summed E-state index contributed by atoms with van der Waals surface area (Å²) in [5, 5.41) is 15.4. The lowest BCUT2D eigenvalue weighted by Crippen LogP contribution is -2.26. The SMILES string of the molecule is CC(C)[C@H](O)C(=O)C=N. The van der Waals surface area contributed by atoms with E-state index in [2.05, 4.69) is 0 Å². The summed E-state index contributed by atoms with van der Waals surface area (Å²) in [6, 6.07) is 0. The molecule has 0 radical (unpaired) electrons. The number of aliphatic hydroxyl groups excluding tert-OH is 1. The van der Waals surface area contributed by atoms with Crippen LogP contribution >= 0.6 is 0 Å². The molecule has 0 aliphatic rings. The molecule has 3 nitrogen and oxygen atoms in total. The van der Waals surface area contributed by atoms with E-state index in [1.165, 1.54) is 0 Å². The van der Waals surface area contributed by atoms with Gasteiger partial charge in [0.15, 0.2) is 0 Å². The highest BCUT2D eigenvalue weighted by Crippen LogP contribution is 1.99. The van der Waals surface area contributed by atoms with Gasteiger partial charge in [0, 0.05) is 0 Å². The first-order valence-corrected chi connectivity index (χ1v) is 2.82. The van der Waals surface area contributed by atoms with E-state index in [0.29, 0.717) is 6.21 Å². The van der Waals surface area contributed by atoms with Crippen molar-refractivity contribution in [3.63, 3.8) is 0 Å². The molecule has 0 heterocycles. The second-order valence-electron chi connectivity index (χ2n) is 2.24. The summed E-state index contributed by atoms with van der Waals surface area (Å²) < 4.78 is 0. The van der Waals surface area contributed by atoms with Crippen molar-refractivity contribution in [1.82, 2.24) is 0 Å². The average Bonchev–Trinajstić information content (AvgIpc) is 1.84. The molecule has 52 valence electrons. The van der Waals surface area contributed by atoms with Crippen molar-refractivity contribution in [2.45, 2.75) is 20.0 Å². The molecule has 0 aliphatic heterocycles. The second kappa shape index (κ2) is 3.35. The van der Waals surface area contributed by atoms with Crippen LogP contribution in [0.25, 0.3) is 0 Å². The van der Waals surface area contributed by atoms with Crippen LogP contribution in [0.1, 0.15) is 13.8 Å². The van der Waals surface area contributed by atoms with Crippen molar-refractivity contribution in [1.29, 1.82) is 5.41 Å². The van der Waals surface area contributed by atoms with Crippen LogP contribution in [-0.2, 0) is 4.79 Å². The summed E-state index contributed by atoms with van der Waals surface area (Å²) in [5.74, 6) is -0.621. The van der Waals surface area contributed by atoms with Gasteiger partial charge in [-0.2, -0.15) is 0 Å². The number of carbonyl (C=O) groups is 1. The zero-order valence-corrected chi connectivity index (χ0v) is 5.59. The predicted molar refractivity (Wildman–Crippen MR) is 34.6 cm³/mol. The molecule has 9 heavy (non-hydrogen) atoms. The van der Waals surface area contributed by atoms with E-state index < -0.39 is 11.9 Å². The fourth-order valence-electron chi connectivity index (χ4n) is 0.414. The third-order valence-electron chi connectivity index (χ3n) is 1.07. The van der Waals surface area contributed by atoms with Gasteiger partial charge in [-0.05, 0) is 5.92 Å². The highest BCUT2D eigenvalue weighted by atomic mass is 16.3. The number of ketones is 1. The molecule has 2 N–H and O–H groups in total. The van der Waals surface area contributed by atoms with Crippen molar-refractivity contribution in [3.05, 3.63) is 0 Å². The summed E-state index contributed by atoms with van der Waals surface area (Å²) in [4.78, 5) is 10.5. The van der Waals surface area contributed by atoms with E-state index in [0.717, 1.165) is 0 Å².